The summed E-state index contributed by atoms with van der Waals surface area (Å²) in [7, 11) is 1.57. The van der Waals surface area contributed by atoms with Crippen molar-refractivity contribution in [2.24, 2.45) is 0 Å². The Balaban J connectivity index is 1.98. The van der Waals surface area contributed by atoms with Crippen LogP contribution in [-0.2, 0) is 6.54 Å². The molecule has 2 aromatic rings. The number of hydrogen-bond acceptors (Lipinski definition) is 3. The average Bonchev–Trinajstić information content (AvgIpc) is 2.90. The monoisotopic (exact) mass is 342 g/mol. The van der Waals surface area contributed by atoms with Gasteiger partial charge in [-0.1, -0.05) is 25.7 Å². The van der Waals surface area contributed by atoms with Crippen LogP contribution in [0.1, 0.15) is 55.8 Å². The van der Waals surface area contributed by atoms with Gasteiger partial charge < -0.3 is 14.6 Å². The summed E-state index contributed by atoms with van der Waals surface area (Å²) in [6.45, 7) is 2.69. The molecule has 3 rings (SSSR count). The molecular weight excluding hydrogens is 316 g/mol. The van der Waals surface area contributed by atoms with E-state index in [0.717, 1.165) is 31.2 Å². The number of pyridine rings is 1. The smallest absolute Gasteiger partial charge is 0.256 e. The highest BCUT2D eigenvalue weighted by molar-refractivity contribution is 5.97. The molecule has 5 nitrogen and oxygen atoms in total. The second kappa shape index (κ2) is 7.72. The topological polar surface area (TPSA) is 60.3 Å². The Kier molecular flexibility index (Phi) is 5.41. The molecule has 1 aliphatic carbocycles. The molecule has 0 saturated heterocycles. The molecular formula is C20H26N2O3. The van der Waals surface area contributed by atoms with Gasteiger partial charge in [0.25, 0.3) is 5.91 Å². The number of nitrogens with one attached hydrogen (secondary N) is 1. The first-order chi connectivity index (χ1) is 12.1. The van der Waals surface area contributed by atoms with E-state index < -0.39 is 0 Å². The van der Waals surface area contributed by atoms with E-state index in [9.17, 15) is 9.59 Å². The number of aryl methyl sites for hydroxylation is 1. The van der Waals surface area contributed by atoms with Crippen molar-refractivity contribution in [2.45, 2.75) is 58.0 Å². The highest BCUT2D eigenvalue weighted by Gasteiger charge is 2.20. The number of amides is 1. The number of carbonyl (C=O) groups excluding carboxylic acids is 1. The average molecular weight is 342 g/mol. The first kappa shape index (κ1) is 17.5. The van der Waals surface area contributed by atoms with Gasteiger partial charge in [0.1, 0.15) is 11.3 Å². The van der Waals surface area contributed by atoms with Crippen molar-refractivity contribution in [1.82, 2.24) is 9.88 Å². The van der Waals surface area contributed by atoms with Crippen molar-refractivity contribution in [3.8, 4) is 5.75 Å². The predicted molar refractivity (Wildman–Crippen MR) is 99.4 cm³/mol. The van der Waals surface area contributed by atoms with E-state index in [2.05, 4.69) is 5.32 Å². The largest absolute Gasteiger partial charge is 0.497 e. The summed E-state index contributed by atoms with van der Waals surface area (Å²) in [6.07, 6.45) is 8.40. The van der Waals surface area contributed by atoms with Gasteiger partial charge in [0.05, 0.1) is 18.0 Å². The molecule has 1 aromatic carbocycles. The number of rotatable bonds is 4. The fraction of sp³-hybridized carbons (Fsp3) is 0.500. The van der Waals surface area contributed by atoms with Gasteiger partial charge in [-0.3, -0.25) is 9.59 Å². The number of ether oxygens (including phenoxy) is 1. The van der Waals surface area contributed by atoms with E-state index in [-0.39, 0.29) is 22.9 Å². The predicted octanol–water partition coefficient (Wildman–Crippen LogP) is 3.48. The number of hydrogen-bond donors (Lipinski definition) is 1. The van der Waals surface area contributed by atoms with Crippen LogP contribution >= 0.6 is 0 Å². The third-order valence-electron chi connectivity index (χ3n) is 5.06. The summed E-state index contributed by atoms with van der Waals surface area (Å²) in [4.78, 5) is 25.6. The molecule has 0 atom stereocenters. The Labute approximate surface area is 148 Å². The molecule has 5 heteroatoms. The van der Waals surface area contributed by atoms with Crippen LogP contribution < -0.4 is 15.5 Å². The maximum absolute atomic E-state index is 12.9. The fourth-order valence-corrected chi connectivity index (χ4v) is 3.61. The van der Waals surface area contributed by atoms with Crippen LogP contribution in [0.4, 0.5) is 0 Å². The van der Waals surface area contributed by atoms with Crippen LogP contribution in [-0.4, -0.2) is 23.6 Å². The van der Waals surface area contributed by atoms with Gasteiger partial charge in [0, 0.05) is 18.8 Å². The summed E-state index contributed by atoms with van der Waals surface area (Å²) in [5, 5.41) is 3.60. The molecule has 134 valence electrons. The van der Waals surface area contributed by atoms with E-state index in [0.29, 0.717) is 17.7 Å². The molecule has 0 unspecified atom stereocenters. The van der Waals surface area contributed by atoms with Gasteiger partial charge in [-0.25, -0.2) is 0 Å². The van der Waals surface area contributed by atoms with Crippen molar-refractivity contribution in [3.63, 3.8) is 0 Å². The minimum Gasteiger partial charge on any atom is -0.497 e. The van der Waals surface area contributed by atoms with Gasteiger partial charge in [-0.05, 0) is 38.0 Å². The number of fused-ring (bicyclic) bond motifs is 1. The lowest BCUT2D eigenvalue weighted by atomic mass is 10.1. The molecule has 0 spiro atoms. The van der Waals surface area contributed by atoms with Crippen LogP contribution in [0, 0.1) is 0 Å². The molecule has 1 heterocycles. The van der Waals surface area contributed by atoms with E-state index in [1.165, 1.54) is 12.8 Å². The first-order valence-corrected chi connectivity index (χ1v) is 9.16. The maximum atomic E-state index is 12.9. The van der Waals surface area contributed by atoms with Gasteiger partial charge in [-0.2, -0.15) is 0 Å². The minimum atomic E-state index is -0.260. The van der Waals surface area contributed by atoms with Gasteiger partial charge in [0.2, 0.25) is 5.43 Å². The Morgan fingerprint density at radius 2 is 1.96 bits per heavy atom. The molecule has 1 fully saturated rings. The van der Waals surface area contributed by atoms with Crippen LogP contribution in [0.2, 0.25) is 0 Å². The summed E-state index contributed by atoms with van der Waals surface area (Å²) < 4.78 is 7.18. The second-order valence-corrected chi connectivity index (χ2v) is 6.70. The van der Waals surface area contributed by atoms with E-state index in [1.54, 1.807) is 19.4 Å². The molecule has 1 aliphatic rings. The van der Waals surface area contributed by atoms with Crippen LogP contribution in [0.3, 0.4) is 0 Å². The standard InChI is InChI=1S/C20H26N2O3/c1-3-22-13-17(20(24)21-14-8-6-4-5-7-9-14)19(23)16-12-15(25-2)10-11-18(16)22/h10-14H,3-9H2,1-2H3,(H,21,24). The number of methoxy groups -OCH3 is 1. The molecule has 1 N–H and O–H groups in total. The molecule has 1 amide bonds. The molecule has 0 radical (unpaired) electrons. The third kappa shape index (κ3) is 3.70. The first-order valence-electron chi connectivity index (χ1n) is 9.16. The number of benzene rings is 1. The van der Waals surface area contributed by atoms with Gasteiger partial charge in [0.15, 0.2) is 0 Å². The molecule has 0 bridgehead atoms. The zero-order valence-corrected chi connectivity index (χ0v) is 15.0. The van der Waals surface area contributed by atoms with Crippen LogP contribution in [0.15, 0.2) is 29.2 Å². The molecule has 1 aromatic heterocycles. The fourth-order valence-electron chi connectivity index (χ4n) is 3.61. The van der Waals surface area contributed by atoms with E-state index >= 15 is 0 Å². The molecule has 25 heavy (non-hydrogen) atoms. The Morgan fingerprint density at radius 3 is 2.60 bits per heavy atom. The molecule has 1 saturated carbocycles. The normalized spacial score (nSPS) is 15.8. The lowest BCUT2D eigenvalue weighted by Crippen LogP contribution is -2.37. The van der Waals surface area contributed by atoms with Crippen LogP contribution in [0.5, 0.6) is 5.75 Å². The zero-order chi connectivity index (χ0) is 17.8. The van der Waals surface area contributed by atoms with Crippen molar-refractivity contribution in [3.05, 3.63) is 40.2 Å². The van der Waals surface area contributed by atoms with Crippen molar-refractivity contribution in [2.75, 3.05) is 7.11 Å². The van der Waals surface area contributed by atoms with Gasteiger partial charge >= 0.3 is 0 Å². The van der Waals surface area contributed by atoms with Crippen molar-refractivity contribution in [1.29, 1.82) is 0 Å². The van der Waals surface area contributed by atoms with Crippen molar-refractivity contribution < 1.29 is 9.53 Å². The lowest BCUT2D eigenvalue weighted by molar-refractivity contribution is 0.0931. The van der Waals surface area contributed by atoms with Crippen LogP contribution in [0.25, 0.3) is 10.9 Å². The molecule has 0 aliphatic heterocycles. The highest BCUT2D eigenvalue weighted by atomic mass is 16.5. The SMILES string of the molecule is CCn1cc(C(=O)NC2CCCCCC2)c(=O)c2cc(OC)ccc21. The van der Waals surface area contributed by atoms with E-state index in [4.69, 9.17) is 4.74 Å². The van der Waals surface area contributed by atoms with E-state index in [1.807, 2.05) is 23.6 Å². The summed E-state index contributed by atoms with van der Waals surface area (Å²) in [6, 6.07) is 5.59. The summed E-state index contributed by atoms with van der Waals surface area (Å²) >= 11 is 0. The second-order valence-electron chi connectivity index (χ2n) is 6.70. The maximum Gasteiger partial charge on any atom is 0.256 e. The Hall–Kier alpha value is -2.30. The number of aromatic nitrogens is 1. The number of nitrogens with zero attached hydrogens (tertiary/aromatic N) is 1. The Morgan fingerprint density at radius 1 is 1.24 bits per heavy atom. The zero-order valence-electron chi connectivity index (χ0n) is 15.0. The Bertz CT molecular complexity index is 818. The third-order valence-corrected chi connectivity index (χ3v) is 5.06. The quantitative estimate of drug-likeness (QED) is 0.865. The van der Waals surface area contributed by atoms with Crippen molar-refractivity contribution >= 4 is 16.8 Å². The minimum absolute atomic E-state index is 0.172. The lowest BCUT2D eigenvalue weighted by Gasteiger charge is -2.17. The van der Waals surface area contributed by atoms with Gasteiger partial charge in [-0.15, -0.1) is 0 Å². The summed E-state index contributed by atoms with van der Waals surface area (Å²) in [5.41, 5.74) is 0.802. The summed E-state index contributed by atoms with van der Waals surface area (Å²) in [5.74, 6) is 0.359. The number of carbonyl (C=O) groups is 1. The highest BCUT2D eigenvalue weighted by Crippen LogP contribution is 2.20.